The molecule has 1 aromatic rings. The first kappa shape index (κ1) is 13.1. The van der Waals surface area contributed by atoms with Crippen LogP contribution in [0.1, 0.15) is 38.2 Å². The van der Waals surface area contributed by atoms with Crippen LogP contribution in [0.25, 0.3) is 0 Å². The van der Waals surface area contributed by atoms with E-state index in [4.69, 9.17) is 9.52 Å². The van der Waals surface area contributed by atoms with Crippen LogP contribution in [-0.2, 0) is 17.8 Å². The van der Waals surface area contributed by atoms with E-state index in [0.29, 0.717) is 19.1 Å². The highest BCUT2D eigenvalue weighted by atomic mass is 16.4. The fourth-order valence-electron chi connectivity index (χ4n) is 2.50. The summed E-state index contributed by atoms with van der Waals surface area (Å²) < 4.78 is 5.69. The highest BCUT2D eigenvalue weighted by Gasteiger charge is 2.30. The quantitative estimate of drug-likeness (QED) is 0.893. The predicted molar refractivity (Wildman–Crippen MR) is 68.3 cm³/mol. The molecule has 4 heteroatoms. The fourth-order valence-corrected chi connectivity index (χ4v) is 2.50. The Labute approximate surface area is 108 Å². The Morgan fingerprint density at radius 3 is 2.78 bits per heavy atom. The van der Waals surface area contributed by atoms with Crippen LogP contribution < -0.4 is 0 Å². The number of carboxylic acid groups (broad SMARTS) is 1. The number of rotatable bonds is 4. The van der Waals surface area contributed by atoms with Crippen molar-refractivity contribution in [1.29, 1.82) is 0 Å². The van der Waals surface area contributed by atoms with Crippen molar-refractivity contribution in [3.8, 4) is 0 Å². The molecule has 0 saturated carbocycles. The van der Waals surface area contributed by atoms with Crippen LogP contribution in [0.5, 0.6) is 0 Å². The van der Waals surface area contributed by atoms with E-state index in [0.717, 1.165) is 30.8 Å². The van der Waals surface area contributed by atoms with Gasteiger partial charge < -0.3 is 9.52 Å². The molecule has 18 heavy (non-hydrogen) atoms. The van der Waals surface area contributed by atoms with Gasteiger partial charge in [-0.1, -0.05) is 6.92 Å². The molecular weight excluding hydrogens is 230 g/mol. The van der Waals surface area contributed by atoms with Crippen LogP contribution in [-0.4, -0.2) is 28.6 Å². The number of nitrogens with zero attached hydrogens (tertiary/aromatic N) is 1. The number of carbonyl (C=O) groups is 1. The highest BCUT2D eigenvalue weighted by molar-refractivity contribution is 5.70. The Hall–Kier alpha value is -1.29. The van der Waals surface area contributed by atoms with Crippen LogP contribution in [0.4, 0.5) is 0 Å². The van der Waals surface area contributed by atoms with Gasteiger partial charge in [0.2, 0.25) is 0 Å². The number of piperidine rings is 1. The number of carboxylic acids is 1. The Bertz CT molecular complexity index is 413. The Morgan fingerprint density at radius 1 is 1.44 bits per heavy atom. The molecule has 2 unspecified atom stereocenters. The van der Waals surface area contributed by atoms with Gasteiger partial charge in [0.25, 0.3) is 0 Å². The van der Waals surface area contributed by atoms with Crippen molar-refractivity contribution in [3.05, 3.63) is 23.7 Å². The number of likely N-dealkylation sites (tertiary alicyclic amines) is 1. The maximum atomic E-state index is 11.1. The first-order valence-electron chi connectivity index (χ1n) is 6.64. The first-order chi connectivity index (χ1) is 8.60. The summed E-state index contributed by atoms with van der Waals surface area (Å²) in [4.78, 5) is 13.3. The minimum absolute atomic E-state index is 0.234. The van der Waals surface area contributed by atoms with Crippen LogP contribution in [0.3, 0.4) is 0 Å². The fraction of sp³-hybridized carbons (Fsp3) is 0.643. The number of hydrogen-bond acceptors (Lipinski definition) is 3. The summed E-state index contributed by atoms with van der Waals surface area (Å²) in [6, 6.07) is 4.42. The summed E-state index contributed by atoms with van der Waals surface area (Å²) >= 11 is 0. The average Bonchev–Trinajstić information content (AvgIpc) is 2.79. The van der Waals surface area contributed by atoms with Crippen LogP contribution >= 0.6 is 0 Å². The van der Waals surface area contributed by atoms with E-state index >= 15 is 0 Å². The normalized spacial score (nSPS) is 25.2. The van der Waals surface area contributed by atoms with Crippen LogP contribution in [0.15, 0.2) is 16.5 Å². The number of hydrogen-bond donors (Lipinski definition) is 1. The Kier molecular flexibility index (Phi) is 4.07. The topological polar surface area (TPSA) is 53.7 Å². The van der Waals surface area contributed by atoms with Gasteiger partial charge in [-0.15, -0.1) is 0 Å². The second-order valence-corrected chi connectivity index (χ2v) is 5.11. The van der Waals surface area contributed by atoms with Gasteiger partial charge in [0, 0.05) is 19.0 Å². The molecule has 0 bridgehead atoms. The number of aliphatic carboxylic acids is 1. The summed E-state index contributed by atoms with van der Waals surface area (Å²) in [7, 11) is 0. The minimum Gasteiger partial charge on any atom is -0.481 e. The van der Waals surface area contributed by atoms with Crippen molar-refractivity contribution >= 4 is 5.97 Å². The molecular formula is C14H21NO3. The van der Waals surface area contributed by atoms with Crippen molar-refractivity contribution < 1.29 is 14.3 Å². The molecule has 0 amide bonds. The molecule has 1 aromatic heterocycles. The van der Waals surface area contributed by atoms with Gasteiger partial charge in [0.1, 0.15) is 11.5 Å². The van der Waals surface area contributed by atoms with Gasteiger partial charge in [0.15, 0.2) is 0 Å². The van der Waals surface area contributed by atoms with Crippen molar-refractivity contribution in [2.45, 2.75) is 45.7 Å². The molecule has 1 N–H and O–H groups in total. The molecule has 1 aliphatic heterocycles. The van der Waals surface area contributed by atoms with Crippen molar-refractivity contribution in [2.24, 2.45) is 5.92 Å². The van der Waals surface area contributed by atoms with Gasteiger partial charge in [-0.25, -0.2) is 0 Å². The zero-order valence-corrected chi connectivity index (χ0v) is 11.1. The lowest BCUT2D eigenvalue weighted by Gasteiger charge is -2.35. The monoisotopic (exact) mass is 251 g/mol. The molecule has 1 saturated heterocycles. The number of aryl methyl sites for hydroxylation is 1. The van der Waals surface area contributed by atoms with Crippen molar-refractivity contribution in [1.82, 2.24) is 4.90 Å². The van der Waals surface area contributed by atoms with E-state index in [9.17, 15) is 4.79 Å². The smallest absolute Gasteiger partial charge is 0.307 e. The van der Waals surface area contributed by atoms with E-state index < -0.39 is 5.97 Å². The third kappa shape index (κ3) is 2.93. The molecule has 2 rings (SSSR count). The molecule has 1 aliphatic rings. The largest absolute Gasteiger partial charge is 0.481 e. The molecule has 100 valence electrons. The van der Waals surface area contributed by atoms with Crippen molar-refractivity contribution in [3.63, 3.8) is 0 Å². The van der Waals surface area contributed by atoms with Crippen molar-refractivity contribution in [2.75, 3.05) is 6.54 Å². The lowest BCUT2D eigenvalue weighted by molar-refractivity contribution is -0.144. The second kappa shape index (κ2) is 5.57. The second-order valence-electron chi connectivity index (χ2n) is 5.11. The molecule has 0 radical (unpaired) electrons. The molecule has 2 heterocycles. The maximum absolute atomic E-state index is 11.1. The summed E-state index contributed by atoms with van der Waals surface area (Å²) in [5.41, 5.74) is 0. The molecule has 0 spiro atoms. The maximum Gasteiger partial charge on any atom is 0.307 e. The molecule has 4 nitrogen and oxygen atoms in total. The molecule has 1 fully saturated rings. The van der Waals surface area contributed by atoms with Gasteiger partial charge in [0.05, 0.1) is 12.5 Å². The third-order valence-corrected chi connectivity index (χ3v) is 3.79. The van der Waals surface area contributed by atoms with E-state index in [2.05, 4.69) is 18.7 Å². The van der Waals surface area contributed by atoms with Crippen LogP contribution in [0, 0.1) is 5.92 Å². The zero-order valence-electron chi connectivity index (χ0n) is 11.1. The Morgan fingerprint density at radius 2 is 2.17 bits per heavy atom. The van der Waals surface area contributed by atoms with Gasteiger partial charge >= 0.3 is 5.97 Å². The predicted octanol–water partition coefficient (Wildman–Crippen LogP) is 2.53. The first-order valence-corrected chi connectivity index (χ1v) is 6.64. The highest BCUT2D eigenvalue weighted by Crippen LogP contribution is 2.24. The summed E-state index contributed by atoms with van der Waals surface area (Å²) in [5.74, 6) is 1.01. The van der Waals surface area contributed by atoms with Gasteiger partial charge in [-0.3, -0.25) is 9.69 Å². The zero-order chi connectivity index (χ0) is 13.1. The van der Waals surface area contributed by atoms with E-state index in [-0.39, 0.29) is 5.92 Å². The average molecular weight is 251 g/mol. The van der Waals surface area contributed by atoms with Gasteiger partial charge in [-0.2, -0.15) is 0 Å². The summed E-state index contributed by atoms with van der Waals surface area (Å²) in [6.07, 6.45) is 2.62. The lowest BCUT2D eigenvalue weighted by Crippen LogP contribution is -2.43. The van der Waals surface area contributed by atoms with E-state index in [1.807, 2.05) is 12.1 Å². The Balaban J connectivity index is 1.99. The molecule has 0 aliphatic carbocycles. The molecule has 0 aromatic carbocycles. The summed E-state index contributed by atoms with van der Waals surface area (Å²) in [5, 5.41) is 9.10. The lowest BCUT2D eigenvalue weighted by atomic mass is 9.93. The number of furan rings is 1. The SMILES string of the molecule is CCc1ccc(CN2CC(C(=O)O)CCC2C)o1. The minimum atomic E-state index is -0.680. The third-order valence-electron chi connectivity index (χ3n) is 3.79. The standard InChI is InChI=1S/C14H21NO3/c1-3-12-6-7-13(18-12)9-15-8-11(14(16)17)5-4-10(15)2/h6-7,10-11H,3-5,8-9H2,1-2H3,(H,16,17). The van der Waals surface area contributed by atoms with E-state index in [1.54, 1.807) is 0 Å². The van der Waals surface area contributed by atoms with Gasteiger partial charge in [-0.05, 0) is 31.9 Å². The molecule has 2 atom stereocenters. The van der Waals surface area contributed by atoms with E-state index in [1.165, 1.54) is 0 Å². The summed E-state index contributed by atoms with van der Waals surface area (Å²) in [6.45, 7) is 5.55. The van der Waals surface area contributed by atoms with Crippen LogP contribution in [0.2, 0.25) is 0 Å².